The number of para-hydroxylation sites is 1. The molecule has 1 N–H and O–H groups in total. The Morgan fingerprint density at radius 2 is 1.77 bits per heavy atom. The van der Waals surface area contributed by atoms with Crippen LogP contribution in [0.3, 0.4) is 0 Å². The Labute approximate surface area is 178 Å². The largest absolute Gasteiger partial charge is 0.358 e. The smallest absolute Gasteiger partial charge is 0.239 e. The Balaban J connectivity index is 1.20. The van der Waals surface area contributed by atoms with E-state index in [2.05, 4.69) is 76.3 Å². The molecule has 5 rings (SSSR count). The average molecular weight is 402 g/mol. The second-order valence-corrected chi connectivity index (χ2v) is 8.98. The highest BCUT2D eigenvalue weighted by atomic mass is 16.2. The van der Waals surface area contributed by atoms with Gasteiger partial charge in [-0.1, -0.05) is 48.5 Å². The molecule has 1 fully saturated rings. The number of nitrogens with one attached hydrogen (secondary N) is 1. The van der Waals surface area contributed by atoms with Crippen molar-refractivity contribution in [3.63, 3.8) is 0 Å². The van der Waals surface area contributed by atoms with Crippen molar-refractivity contribution >= 4 is 16.8 Å². The molecule has 3 aromatic rings. The molecule has 1 atom stereocenters. The topological polar surface area (TPSA) is 39.3 Å². The van der Waals surface area contributed by atoms with Gasteiger partial charge in [-0.25, -0.2) is 0 Å². The summed E-state index contributed by atoms with van der Waals surface area (Å²) in [5, 5.41) is 1.26. The number of amides is 1. The molecule has 0 radical (unpaired) electrons. The van der Waals surface area contributed by atoms with Crippen LogP contribution in [0.1, 0.15) is 36.6 Å². The van der Waals surface area contributed by atoms with Crippen LogP contribution in [0.15, 0.2) is 54.6 Å². The number of hydrogen-bond acceptors (Lipinski definition) is 2. The van der Waals surface area contributed by atoms with Crippen molar-refractivity contribution in [3.8, 4) is 0 Å². The average Bonchev–Trinajstić information content (AvgIpc) is 3.17. The van der Waals surface area contributed by atoms with Gasteiger partial charge in [-0.3, -0.25) is 9.69 Å². The fraction of sp³-hybridized carbons (Fsp3) is 0.423. The Morgan fingerprint density at radius 3 is 2.57 bits per heavy atom. The van der Waals surface area contributed by atoms with Crippen molar-refractivity contribution in [2.24, 2.45) is 5.92 Å². The standard InChI is InChI=1S/C26H31N3O/c1-19(28-14-11-21(12-15-28)17-20-7-3-2-4-8-20)26(30)29-16-13-25-23(18-29)22-9-5-6-10-24(22)27-25/h2-10,19,21,27H,11-18H2,1H3/t19-/m0/s1. The van der Waals surface area contributed by atoms with Gasteiger partial charge in [0.05, 0.1) is 6.04 Å². The number of nitrogens with zero attached hydrogens (tertiary/aromatic N) is 2. The predicted octanol–water partition coefficient (Wildman–Crippen LogP) is 4.40. The van der Waals surface area contributed by atoms with E-state index < -0.39 is 0 Å². The summed E-state index contributed by atoms with van der Waals surface area (Å²) in [5.74, 6) is 1.02. The van der Waals surface area contributed by atoms with Gasteiger partial charge in [0.1, 0.15) is 0 Å². The maximum Gasteiger partial charge on any atom is 0.239 e. The third-order valence-corrected chi connectivity index (χ3v) is 7.12. The number of piperidine rings is 1. The number of H-pyrrole nitrogens is 1. The molecule has 3 heterocycles. The van der Waals surface area contributed by atoms with Crippen LogP contribution in [-0.4, -0.2) is 46.4 Å². The minimum absolute atomic E-state index is 0.0329. The summed E-state index contributed by atoms with van der Waals surface area (Å²) in [7, 11) is 0. The van der Waals surface area contributed by atoms with Crippen molar-refractivity contribution < 1.29 is 4.79 Å². The summed E-state index contributed by atoms with van der Waals surface area (Å²) < 4.78 is 0. The summed E-state index contributed by atoms with van der Waals surface area (Å²) in [6.07, 6.45) is 4.44. The number of carbonyl (C=O) groups excluding carboxylic acids is 1. The summed E-state index contributed by atoms with van der Waals surface area (Å²) in [5.41, 5.74) is 5.22. The molecule has 1 amide bonds. The molecule has 0 bridgehead atoms. The Kier molecular flexibility index (Phi) is 5.34. The Hall–Kier alpha value is -2.59. The zero-order chi connectivity index (χ0) is 20.5. The number of benzene rings is 2. The minimum Gasteiger partial charge on any atom is -0.358 e. The van der Waals surface area contributed by atoms with E-state index in [1.165, 1.54) is 40.6 Å². The third-order valence-electron chi connectivity index (χ3n) is 7.12. The number of likely N-dealkylation sites (tertiary alicyclic amines) is 1. The normalized spacial score (nSPS) is 19.0. The molecule has 0 saturated carbocycles. The van der Waals surface area contributed by atoms with Gasteiger partial charge in [-0.2, -0.15) is 0 Å². The molecule has 0 unspecified atom stereocenters. The van der Waals surface area contributed by atoms with Gasteiger partial charge in [-0.15, -0.1) is 0 Å². The van der Waals surface area contributed by atoms with Crippen LogP contribution in [-0.2, 0) is 24.2 Å². The summed E-state index contributed by atoms with van der Waals surface area (Å²) >= 11 is 0. The van der Waals surface area contributed by atoms with Crippen LogP contribution in [0.5, 0.6) is 0 Å². The van der Waals surface area contributed by atoms with E-state index in [0.717, 1.165) is 44.9 Å². The number of fused-ring (bicyclic) bond motifs is 3. The van der Waals surface area contributed by atoms with Crippen LogP contribution in [0.4, 0.5) is 0 Å². The Bertz CT molecular complexity index is 1020. The maximum atomic E-state index is 13.3. The molecular weight excluding hydrogens is 370 g/mol. The molecule has 4 nitrogen and oxygen atoms in total. The molecule has 1 aromatic heterocycles. The highest BCUT2D eigenvalue weighted by Gasteiger charge is 2.31. The molecule has 0 aliphatic carbocycles. The van der Waals surface area contributed by atoms with E-state index in [9.17, 15) is 4.79 Å². The Morgan fingerprint density at radius 1 is 1.03 bits per heavy atom. The quantitative estimate of drug-likeness (QED) is 0.704. The van der Waals surface area contributed by atoms with Gasteiger partial charge in [0.2, 0.25) is 5.91 Å². The fourth-order valence-electron chi connectivity index (χ4n) is 5.27. The molecule has 2 aliphatic heterocycles. The van der Waals surface area contributed by atoms with Crippen molar-refractivity contribution in [3.05, 3.63) is 71.4 Å². The van der Waals surface area contributed by atoms with E-state index in [0.29, 0.717) is 0 Å². The lowest BCUT2D eigenvalue weighted by atomic mass is 9.89. The first-order valence-electron chi connectivity index (χ1n) is 11.3. The molecular formula is C26H31N3O. The van der Waals surface area contributed by atoms with E-state index in [4.69, 9.17) is 0 Å². The van der Waals surface area contributed by atoms with Crippen LogP contribution < -0.4 is 0 Å². The number of aromatic amines is 1. The second-order valence-electron chi connectivity index (χ2n) is 8.98. The highest BCUT2D eigenvalue weighted by molar-refractivity contribution is 5.87. The first-order chi connectivity index (χ1) is 14.7. The molecule has 2 aliphatic rings. The molecule has 30 heavy (non-hydrogen) atoms. The van der Waals surface area contributed by atoms with Crippen molar-refractivity contribution in [2.45, 2.75) is 45.2 Å². The predicted molar refractivity (Wildman–Crippen MR) is 121 cm³/mol. The number of rotatable bonds is 4. The first kappa shape index (κ1) is 19.4. The monoisotopic (exact) mass is 401 g/mol. The first-order valence-corrected chi connectivity index (χ1v) is 11.3. The summed E-state index contributed by atoms with van der Waals surface area (Å²) in [4.78, 5) is 21.3. The lowest BCUT2D eigenvalue weighted by Crippen LogP contribution is -2.50. The lowest BCUT2D eigenvalue weighted by Gasteiger charge is -2.38. The maximum absolute atomic E-state index is 13.3. The van der Waals surface area contributed by atoms with E-state index >= 15 is 0 Å². The van der Waals surface area contributed by atoms with Gasteiger partial charge < -0.3 is 9.88 Å². The minimum atomic E-state index is -0.0329. The summed E-state index contributed by atoms with van der Waals surface area (Å²) in [6, 6.07) is 19.2. The van der Waals surface area contributed by atoms with Gasteiger partial charge in [0.15, 0.2) is 0 Å². The number of carbonyl (C=O) groups is 1. The molecule has 0 spiro atoms. The highest BCUT2D eigenvalue weighted by Crippen LogP contribution is 2.29. The van der Waals surface area contributed by atoms with E-state index in [1.54, 1.807) is 0 Å². The number of aromatic nitrogens is 1. The van der Waals surface area contributed by atoms with Crippen LogP contribution in [0, 0.1) is 5.92 Å². The van der Waals surface area contributed by atoms with Crippen molar-refractivity contribution in [2.75, 3.05) is 19.6 Å². The third kappa shape index (κ3) is 3.77. The second kappa shape index (κ2) is 8.27. The molecule has 1 saturated heterocycles. The van der Waals surface area contributed by atoms with Crippen molar-refractivity contribution in [1.29, 1.82) is 0 Å². The van der Waals surface area contributed by atoms with Crippen LogP contribution in [0.2, 0.25) is 0 Å². The van der Waals surface area contributed by atoms with Gasteiger partial charge in [-0.05, 0) is 56.8 Å². The summed E-state index contributed by atoms with van der Waals surface area (Å²) in [6.45, 7) is 5.69. The van der Waals surface area contributed by atoms with Gasteiger partial charge >= 0.3 is 0 Å². The zero-order valence-electron chi connectivity index (χ0n) is 17.8. The molecule has 4 heteroatoms. The number of hydrogen-bond donors (Lipinski definition) is 1. The van der Waals surface area contributed by atoms with Crippen LogP contribution >= 0.6 is 0 Å². The molecule has 156 valence electrons. The van der Waals surface area contributed by atoms with Crippen molar-refractivity contribution in [1.82, 2.24) is 14.8 Å². The van der Waals surface area contributed by atoms with Gasteiger partial charge in [0.25, 0.3) is 0 Å². The fourth-order valence-corrected chi connectivity index (χ4v) is 5.27. The van der Waals surface area contributed by atoms with Gasteiger partial charge in [0, 0.05) is 41.7 Å². The lowest BCUT2D eigenvalue weighted by molar-refractivity contribution is -0.138. The molecule has 2 aromatic carbocycles. The zero-order valence-corrected chi connectivity index (χ0v) is 17.8. The SMILES string of the molecule is C[C@@H](C(=O)N1CCc2[nH]c3ccccc3c2C1)N1CCC(Cc2ccccc2)CC1. The van der Waals surface area contributed by atoms with E-state index in [1.807, 2.05) is 0 Å². The van der Waals surface area contributed by atoms with Crippen LogP contribution in [0.25, 0.3) is 10.9 Å². The van der Waals surface area contributed by atoms with E-state index in [-0.39, 0.29) is 11.9 Å².